The van der Waals surface area contributed by atoms with E-state index in [1.165, 1.54) is 24.2 Å². The summed E-state index contributed by atoms with van der Waals surface area (Å²) in [6, 6.07) is 8.88. The minimum atomic E-state index is 0.440. The Kier molecular flexibility index (Phi) is 4.74. The molecule has 1 N–H and O–H groups in total. The van der Waals surface area contributed by atoms with Crippen LogP contribution in [0.1, 0.15) is 39.2 Å². The van der Waals surface area contributed by atoms with E-state index in [9.17, 15) is 0 Å². The molecule has 1 aromatic rings. The van der Waals surface area contributed by atoms with Crippen molar-refractivity contribution in [2.75, 3.05) is 13.1 Å². The molecule has 2 heteroatoms. The summed E-state index contributed by atoms with van der Waals surface area (Å²) in [5.74, 6) is 0. The molecule has 1 aliphatic rings. The number of thioether (sulfide) groups is 1. The zero-order valence-electron chi connectivity index (χ0n) is 11.8. The molecule has 2 rings (SSSR count). The van der Waals surface area contributed by atoms with Crippen LogP contribution in [-0.2, 0) is 6.42 Å². The molecule has 0 saturated carbocycles. The second-order valence-corrected chi connectivity index (χ2v) is 7.04. The van der Waals surface area contributed by atoms with Gasteiger partial charge in [0.05, 0.1) is 0 Å². The largest absolute Gasteiger partial charge is 0.316 e. The first-order valence-corrected chi connectivity index (χ1v) is 8.00. The highest BCUT2D eigenvalue weighted by Gasteiger charge is 2.30. The van der Waals surface area contributed by atoms with Crippen LogP contribution in [0.3, 0.4) is 0 Å². The predicted molar refractivity (Wildman–Crippen MR) is 81.3 cm³/mol. The van der Waals surface area contributed by atoms with Gasteiger partial charge >= 0.3 is 0 Å². The summed E-state index contributed by atoms with van der Waals surface area (Å²) in [4.78, 5) is 1.50. The summed E-state index contributed by atoms with van der Waals surface area (Å²) in [5, 5.41) is 4.30. The lowest BCUT2D eigenvalue weighted by molar-refractivity contribution is 0.269. The first-order chi connectivity index (χ1) is 8.67. The Morgan fingerprint density at radius 3 is 2.78 bits per heavy atom. The Morgan fingerprint density at radius 2 is 2.11 bits per heavy atom. The first kappa shape index (κ1) is 14.0. The van der Waals surface area contributed by atoms with Crippen LogP contribution in [0, 0.1) is 5.41 Å². The van der Waals surface area contributed by atoms with Gasteiger partial charge in [0.25, 0.3) is 0 Å². The molecule has 18 heavy (non-hydrogen) atoms. The van der Waals surface area contributed by atoms with E-state index < -0.39 is 0 Å². The van der Waals surface area contributed by atoms with E-state index in [1.807, 2.05) is 0 Å². The fourth-order valence-corrected chi connectivity index (χ4v) is 4.25. The highest BCUT2D eigenvalue weighted by molar-refractivity contribution is 8.00. The normalized spacial score (nSPS) is 21.6. The molecule has 0 saturated heterocycles. The monoisotopic (exact) mass is 263 g/mol. The minimum absolute atomic E-state index is 0.440. The van der Waals surface area contributed by atoms with Gasteiger partial charge in [-0.2, -0.15) is 0 Å². The third-order valence-electron chi connectivity index (χ3n) is 4.09. The Morgan fingerprint density at radius 1 is 1.33 bits per heavy atom. The average Bonchev–Trinajstić information content (AvgIpc) is 2.78. The van der Waals surface area contributed by atoms with E-state index in [0.29, 0.717) is 5.41 Å². The molecule has 0 aliphatic carbocycles. The molecular formula is C16H25NS. The Bertz CT molecular complexity index is 365. The predicted octanol–water partition coefficient (Wildman–Crippen LogP) is 4.12. The Labute approximate surface area is 116 Å². The van der Waals surface area contributed by atoms with E-state index in [0.717, 1.165) is 18.3 Å². The summed E-state index contributed by atoms with van der Waals surface area (Å²) in [6.07, 6.45) is 3.83. The molecule has 2 atom stereocenters. The maximum absolute atomic E-state index is 3.53. The van der Waals surface area contributed by atoms with Crippen molar-refractivity contribution in [1.29, 1.82) is 0 Å². The lowest BCUT2D eigenvalue weighted by Gasteiger charge is -2.31. The molecule has 1 aliphatic heterocycles. The lowest BCUT2D eigenvalue weighted by atomic mass is 9.81. The summed E-state index contributed by atoms with van der Waals surface area (Å²) >= 11 is 2.08. The summed E-state index contributed by atoms with van der Waals surface area (Å²) in [5.41, 5.74) is 1.99. The standard InChI is InChI=1S/C16H25NS/c1-4-16(3,12-17-5-2)11-14-10-13-8-6-7-9-15(13)18-14/h6-9,14,17H,4-5,10-12H2,1-3H3. The molecule has 0 radical (unpaired) electrons. The molecular weight excluding hydrogens is 238 g/mol. The molecule has 1 nitrogen and oxygen atoms in total. The van der Waals surface area contributed by atoms with Gasteiger partial charge < -0.3 is 5.32 Å². The third-order valence-corrected chi connectivity index (χ3v) is 5.41. The minimum Gasteiger partial charge on any atom is -0.316 e. The summed E-state index contributed by atoms with van der Waals surface area (Å²) in [6.45, 7) is 9.17. The number of rotatable bonds is 6. The van der Waals surface area contributed by atoms with Crippen molar-refractivity contribution in [2.45, 2.75) is 50.2 Å². The van der Waals surface area contributed by atoms with E-state index in [1.54, 1.807) is 5.56 Å². The fraction of sp³-hybridized carbons (Fsp3) is 0.625. The van der Waals surface area contributed by atoms with Crippen molar-refractivity contribution in [1.82, 2.24) is 5.32 Å². The zero-order valence-corrected chi connectivity index (χ0v) is 12.6. The van der Waals surface area contributed by atoms with E-state index in [-0.39, 0.29) is 0 Å². The second kappa shape index (κ2) is 6.12. The van der Waals surface area contributed by atoms with Crippen molar-refractivity contribution in [3.05, 3.63) is 29.8 Å². The highest BCUT2D eigenvalue weighted by Crippen LogP contribution is 2.42. The molecule has 2 unspecified atom stereocenters. The van der Waals surface area contributed by atoms with E-state index in [4.69, 9.17) is 0 Å². The van der Waals surface area contributed by atoms with Crippen LogP contribution in [0.15, 0.2) is 29.2 Å². The van der Waals surface area contributed by atoms with Gasteiger partial charge in [0.1, 0.15) is 0 Å². The molecule has 1 heterocycles. The van der Waals surface area contributed by atoms with Crippen LogP contribution in [0.25, 0.3) is 0 Å². The van der Waals surface area contributed by atoms with Gasteiger partial charge in [0, 0.05) is 16.7 Å². The van der Waals surface area contributed by atoms with Crippen LogP contribution < -0.4 is 5.32 Å². The molecule has 0 aromatic heterocycles. The van der Waals surface area contributed by atoms with Crippen molar-refractivity contribution >= 4 is 11.8 Å². The van der Waals surface area contributed by atoms with Gasteiger partial charge in [-0.15, -0.1) is 11.8 Å². The van der Waals surface area contributed by atoms with Gasteiger partial charge in [-0.05, 0) is 42.9 Å². The van der Waals surface area contributed by atoms with Gasteiger partial charge in [-0.1, -0.05) is 39.0 Å². The molecule has 0 fully saturated rings. The third kappa shape index (κ3) is 3.30. The summed E-state index contributed by atoms with van der Waals surface area (Å²) < 4.78 is 0. The SMILES string of the molecule is CCNCC(C)(CC)CC1Cc2ccccc2S1. The van der Waals surface area contributed by atoms with Crippen LogP contribution in [-0.4, -0.2) is 18.3 Å². The molecule has 0 bridgehead atoms. The average molecular weight is 263 g/mol. The second-order valence-electron chi connectivity index (χ2n) is 5.70. The van der Waals surface area contributed by atoms with E-state index >= 15 is 0 Å². The molecule has 1 aromatic carbocycles. The van der Waals surface area contributed by atoms with Gasteiger partial charge in [-0.25, -0.2) is 0 Å². The van der Waals surface area contributed by atoms with Crippen LogP contribution in [0.2, 0.25) is 0 Å². The molecule has 0 spiro atoms. The maximum Gasteiger partial charge on any atom is 0.0141 e. The van der Waals surface area contributed by atoms with Crippen molar-refractivity contribution in [3.63, 3.8) is 0 Å². The molecule has 0 amide bonds. The smallest absolute Gasteiger partial charge is 0.0141 e. The lowest BCUT2D eigenvalue weighted by Crippen LogP contribution is -2.33. The van der Waals surface area contributed by atoms with Crippen LogP contribution in [0.5, 0.6) is 0 Å². The number of nitrogens with one attached hydrogen (secondary N) is 1. The Hall–Kier alpha value is -0.470. The number of hydrogen-bond donors (Lipinski definition) is 1. The van der Waals surface area contributed by atoms with Gasteiger partial charge in [-0.3, -0.25) is 0 Å². The van der Waals surface area contributed by atoms with Crippen LogP contribution in [0.4, 0.5) is 0 Å². The quantitative estimate of drug-likeness (QED) is 0.828. The zero-order chi connectivity index (χ0) is 13.0. The first-order valence-electron chi connectivity index (χ1n) is 7.12. The Balaban J connectivity index is 1.95. The van der Waals surface area contributed by atoms with Crippen molar-refractivity contribution in [2.24, 2.45) is 5.41 Å². The molecule has 100 valence electrons. The van der Waals surface area contributed by atoms with Crippen molar-refractivity contribution in [3.8, 4) is 0 Å². The summed E-state index contributed by atoms with van der Waals surface area (Å²) in [7, 11) is 0. The van der Waals surface area contributed by atoms with Crippen molar-refractivity contribution < 1.29 is 0 Å². The van der Waals surface area contributed by atoms with E-state index in [2.05, 4.69) is 62.1 Å². The van der Waals surface area contributed by atoms with Gasteiger partial charge in [0.2, 0.25) is 0 Å². The topological polar surface area (TPSA) is 12.0 Å². The van der Waals surface area contributed by atoms with Gasteiger partial charge in [0.15, 0.2) is 0 Å². The number of hydrogen-bond acceptors (Lipinski definition) is 2. The highest BCUT2D eigenvalue weighted by atomic mass is 32.2. The fourth-order valence-electron chi connectivity index (χ4n) is 2.69. The number of fused-ring (bicyclic) bond motifs is 1. The number of benzene rings is 1. The maximum atomic E-state index is 3.53. The van der Waals surface area contributed by atoms with Crippen LogP contribution >= 0.6 is 11.8 Å².